The van der Waals surface area contributed by atoms with E-state index in [0.717, 1.165) is 13.2 Å². The van der Waals surface area contributed by atoms with Crippen molar-refractivity contribution in [1.82, 2.24) is 4.90 Å². The summed E-state index contributed by atoms with van der Waals surface area (Å²) >= 11 is 0. The summed E-state index contributed by atoms with van der Waals surface area (Å²) in [7, 11) is 2.18. The summed E-state index contributed by atoms with van der Waals surface area (Å²) in [6.07, 6.45) is 25.8. The molecule has 0 aliphatic carbocycles. The van der Waals surface area contributed by atoms with Gasteiger partial charge in [0.2, 0.25) is 0 Å². The summed E-state index contributed by atoms with van der Waals surface area (Å²) in [6, 6.07) is 0. The topological polar surface area (TPSA) is 12.5 Å². The minimum absolute atomic E-state index is 0.501. The van der Waals surface area contributed by atoms with Crippen molar-refractivity contribution in [3.05, 3.63) is 12.2 Å². The molecular weight excluding hydrogens is 306 g/mol. The Morgan fingerprint density at radius 1 is 0.800 bits per heavy atom. The van der Waals surface area contributed by atoms with Gasteiger partial charge >= 0.3 is 0 Å². The third-order valence-corrected chi connectivity index (χ3v) is 5.36. The fourth-order valence-corrected chi connectivity index (χ4v) is 3.63. The zero-order valence-electron chi connectivity index (χ0n) is 17.3. The molecule has 0 saturated carbocycles. The highest BCUT2D eigenvalue weighted by Crippen LogP contribution is 2.12. The number of hydrogen-bond acceptors (Lipinski definition) is 2. The second kappa shape index (κ2) is 17.1. The van der Waals surface area contributed by atoms with E-state index in [1.807, 2.05) is 0 Å². The molecule has 1 heterocycles. The van der Waals surface area contributed by atoms with E-state index in [0.29, 0.717) is 6.10 Å². The maximum atomic E-state index is 5.93. The first kappa shape index (κ1) is 22.7. The number of unbranched alkanes of at least 4 members (excludes halogenated alkanes) is 12. The van der Waals surface area contributed by atoms with Crippen LogP contribution in [0.3, 0.4) is 0 Å². The van der Waals surface area contributed by atoms with E-state index in [1.54, 1.807) is 0 Å². The summed E-state index contributed by atoms with van der Waals surface area (Å²) < 4.78 is 5.93. The first-order chi connectivity index (χ1) is 12.3. The van der Waals surface area contributed by atoms with Gasteiger partial charge < -0.3 is 9.64 Å². The van der Waals surface area contributed by atoms with Gasteiger partial charge in [0.1, 0.15) is 0 Å². The Kier molecular flexibility index (Phi) is 15.5. The van der Waals surface area contributed by atoms with Crippen LogP contribution in [0.4, 0.5) is 0 Å². The molecule has 0 aromatic carbocycles. The highest BCUT2D eigenvalue weighted by Gasteiger charge is 2.19. The number of hydrogen-bond donors (Lipinski definition) is 0. The van der Waals surface area contributed by atoms with E-state index in [2.05, 4.69) is 31.0 Å². The molecule has 1 fully saturated rings. The fraction of sp³-hybridized carbons (Fsp3) is 0.913. The molecule has 0 amide bonds. The van der Waals surface area contributed by atoms with E-state index in [1.165, 1.54) is 103 Å². The number of likely N-dealkylation sites (tertiary alicyclic amines) is 1. The minimum atomic E-state index is 0.501. The average Bonchev–Trinajstić information content (AvgIpc) is 3.03. The van der Waals surface area contributed by atoms with Crippen LogP contribution in [0, 0.1) is 0 Å². The second-order valence-corrected chi connectivity index (χ2v) is 7.98. The highest BCUT2D eigenvalue weighted by molar-refractivity contribution is 4.81. The van der Waals surface area contributed by atoms with E-state index >= 15 is 0 Å². The Morgan fingerprint density at radius 3 is 1.92 bits per heavy atom. The number of allylic oxidation sites excluding steroid dienone is 2. The molecule has 1 atom stereocenters. The predicted molar refractivity (Wildman–Crippen MR) is 111 cm³/mol. The molecule has 0 bridgehead atoms. The smallest absolute Gasteiger partial charge is 0.0714 e. The molecular formula is C23H45NO. The van der Waals surface area contributed by atoms with Gasteiger partial charge in [-0.05, 0) is 45.6 Å². The fourth-order valence-electron chi connectivity index (χ4n) is 3.63. The van der Waals surface area contributed by atoms with Crippen LogP contribution in [0.1, 0.15) is 103 Å². The van der Waals surface area contributed by atoms with E-state index < -0.39 is 0 Å². The Labute approximate surface area is 158 Å². The van der Waals surface area contributed by atoms with E-state index in [-0.39, 0.29) is 0 Å². The Balaban J connectivity index is 1.71. The molecule has 25 heavy (non-hydrogen) atoms. The Bertz CT molecular complexity index is 302. The summed E-state index contributed by atoms with van der Waals surface area (Å²) in [5.41, 5.74) is 0. The molecule has 1 saturated heterocycles. The van der Waals surface area contributed by atoms with Crippen molar-refractivity contribution in [3.8, 4) is 0 Å². The normalized spacial score (nSPS) is 18.6. The van der Waals surface area contributed by atoms with Crippen LogP contribution in [0.25, 0.3) is 0 Å². The highest BCUT2D eigenvalue weighted by atomic mass is 16.5. The molecule has 0 spiro atoms. The molecule has 2 heteroatoms. The lowest BCUT2D eigenvalue weighted by Crippen LogP contribution is -2.19. The average molecular weight is 352 g/mol. The van der Waals surface area contributed by atoms with Gasteiger partial charge in [0, 0.05) is 19.7 Å². The van der Waals surface area contributed by atoms with Crippen molar-refractivity contribution in [1.29, 1.82) is 0 Å². The maximum absolute atomic E-state index is 5.93. The quantitative estimate of drug-likeness (QED) is 0.212. The van der Waals surface area contributed by atoms with Crippen LogP contribution in [-0.4, -0.2) is 37.7 Å². The van der Waals surface area contributed by atoms with Gasteiger partial charge in [-0.1, -0.05) is 76.9 Å². The number of likely N-dealkylation sites (N-methyl/N-ethyl adjacent to an activating group) is 1. The van der Waals surface area contributed by atoms with Gasteiger partial charge in [0.25, 0.3) is 0 Å². The first-order valence-corrected chi connectivity index (χ1v) is 11.3. The number of ether oxygens (including phenoxy) is 1. The van der Waals surface area contributed by atoms with Crippen LogP contribution in [0.5, 0.6) is 0 Å². The predicted octanol–water partition coefficient (Wildman–Crippen LogP) is 6.74. The molecule has 0 aromatic rings. The lowest BCUT2D eigenvalue weighted by atomic mass is 10.1. The van der Waals surface area contributed by atoms with Crippen molar-refractivity contribution in [2.45, 2.75) is 109 Å². The summed E-state index contributed by atoms with van der Waals surface area (Å²) in [5.74, 6) is 0. The van der Waals surface area contributed by atoms with Gasteiger partial charge in [-0.25, -0.2) is 0 Å². The molecule has 1 aliphatic heterocycles. The van der Waals surface area contributed by atoms with Crippen molar-refractivity contribution < 1.29 is 4.74 Å². The molecule has 2 nitrogen and oxygen atoms in total. The summed E-state index contributed by atoms with van der Waals surface area (Å²) in [6.45, 7) is 5.58. The van der Waals surface area contributed by atoms with Crippen molar-refractivity contribution >= 4 is 0 Å². The van der Waals surface area contributed by atoms with E-state index in [9.17, 15) is 0 Å². The molecule has 1 rings (SSSR count). The van der Waals surface area contributed by atoms with Gasteiger partial charge in [-0.3, -0.25) is 0 Å². The monoisotopic (exact) mass is 351 g/mol. The number of nitrogens with zero attached hydrogens (tertiary/aromatic N) is 1. The van der Waals surface area contributed by atoms with Crippen molar-refractivity contribution in [3.63, 3.8) is 0 Å². The molecule has 0 unspecified atom stereocenters. The first-order valence-electron chi connectivity index (χ1n) is 11.3. The summed E-state index contributed by atoms with van der Waals surface area (Å²) in [5, 5.41) is 0. The van der Waals surface area contributed by atoms with Crippen LogP contribution in [0.15, 0.2) is 12.2 Å². The standard InChI is InChI=1S/C23H45NO/c1-3-4-5-6-7-8-9-10-11-12-13-14-15-16-17-18-21-25-23-19-20-24(2)22-23/h13-14,23H,3-12,15-22H2,1-2H3/b14-13-/t23-/m0/s1. The Hall–Kier alpha value is -0.340. The molecule has 148 valence electrons. The Morgan fingerprint density at radius 2 is 1.36 bits per heavy atom. The maximum Gasteiger partial charge on any atom is 0.0714 e. The summed E-state index contributed by atoms with van der Waals surface area (Å²) in [4.78, 5) is 2.36. The largest absolute Gasteiger partial charge is 0.377 e. The zero-order chi connectivity index (χ0) is 18.0. The second-order valence-electron chi connectivity index (χ2n) is 7.98. The van der Waals surface area contributed by atoms with Gasteiger partial charge in [0.15, 0.2) is 0 Å². The molecule has 0 N–H and O–H groups in total. The lowest BCUT2D eigenvalue weighted by Gasteiger charge is -2.11. The number of rotatable bonds is 17. The van der Waals surface area contributed by atoms with Gasteiger partial charge in [0.05, 0.1) is 6.10 Å². The van der Waals surface area contributed by atoms with Gasteiger partial charge in [-0.15, -0.1) is 0 Å². The molecule has 0 aromatic heterocycles. The van der Waals surface area contributed by atoms with Crippen LogP contribution < -0.4 is 0 Å². The molecule has 0 radical (unpaired) electrons. The van der Waals surface area contributed by atoms with E-state index in [4.69, 9.17) is 4.74 Å². The van der Waals surface area contributed by atoms with Crippen molar-refractivity contribution in [2.75, 3.05) is 26.7 Å². The lowest BCUT2D eigenvalue weighted by molar-refractivity contribution is 0.0582. The van der Waals surface area contributed by atoms with Crippen LogP contribution >= 0.6 is 0 Å². The SMILES string of the molecule is CCCCCCCCCCC/C=C\CCCCCO[C@H]1CCN(C)C1. The van der Waals surface area contributed by atoms with Crippen LogP contribution in [0.2, 0.25) is 0 Å². The molecule has 1 aliphatic rings. The van der Waals surface area contributed by atoms with Crippen molar-refractivity contribution in [2.24, 2.45) is 0 Å². The third kappa shape index (κ3) is 14.5. The zero-order valence-corrected chi connectivity index (χ0v) is 17.3. The third-order valence-electron chi connectivity index (χ3n) is 5.36. The van der Waals surface area contributed by atoms with Gasteiger partial charge in [-0.2, -0.15) is 0 Å². The van der Waals surface area contributed by atoms with Crippen LogP contribution in [-0.2, 0) is 4.74 Å². The minimum Gasteiger partial charge on any atom is -0.377 e.